The molecule has 0 saturated heterocycles. The predicted octanol–water partition coefficient (Wildman–Crippen LogP) is 2.57. The standard InChI is InChI=1S/C12H21BrN2OS/c1-4-14-6-11(8-16-3)15(2)7-10-5-12(13)17-9-10/h5,9,11,14H,4,6-8H2,1-3H3. The molecular formula is C12H21BrN2OS. The van der Waals surface area contributed by atoms with Crippen molar-refractivity contribution in [1.29, 1.82) is 0 Å². The first-order valence-corrected chi connectivity index (χ1v) is 7.47. The summed E-state index contributed by atoms with van der Waals surface area (Å²) in [6.45, 7) is 5.81. The van der Waals surface area contributed by atoms with Crippen LogP contribution < -0.4 is 5.32 Å². The first-order chi connectivity index (χ1) is 8.17. The first-order valence-electron chi connectivity index (χ1n) is 5.80. The molecule has 1 unspecified atom stereocenters. The van der Waals surface area contributed by atoms with E-state index in [0.717, 1.165) is 26.2 Å². The molecular weight excluding hydrogens is 300 g/mol. The molecule has 0 saturated carbocycles. The number of methoxy groups -OCH3 is 1. The smallest absolute Gasteiger partial charge is 0.0701 e. The van der Waals surface area contributed by atoms with Gasteiger partial charge in [-0.05, 0) is 46.5 Å². The summed E-state index contributed by atoms with van der Waals surface area (Å²) in [6.07, 6.45) is 0. The second kappa shape index (κ2) is 8.21. The van der Waals surface area contributed by atoms with Crippen LogP contribution in [0, 0.1) is 0 Å². The number of halogens is 1. The number of hydrogen-bond acceptors (Lipinski definition) is 4. The third-order valence-corrected chi connectivity index (χ3v) is 4.22. The van der Waals surface area contributed by atoms with Crippen molar-refractivity contribution in [2.24, 2.45) is 0 Å². The highest BCUT2D eigenvalue weighted by Crippen LogP contribution is 2.21. The molecule has 0 amide bonds. The van der Waals surface area contributed by atoms with Gasteiger partial charge >= 0.3 is 0 Å². The number of likely N-dealkylation sites (N-methyl/N-ethyl adjacent to an activating group) is 2. The van der Waals surface area contributed by atoms with E-state index in [-0.39, 0.29) is 0 Å². The number of ether oxygens (including phenoxy) is 1. The Balaban J connectivity index is 2.48. The van der Waals surface area contributed by atoms with E-state index in [1.54, 1.807) is 18.4 Å². The second-order valence-corrected chi connectivity index (χ2v) is 6.38. The average molecular weight is 321 g/mol. The summed E-state index contributed by atoms with van der Waals surface area (Å²) in [5.74, 6) is 0. The number of nitrogens with one attached hydrogen (secondary N) is 1. The summed E-state index contributed by atoms with van der Waals surface area (Å²) in [6, 6.07) is 2.59. The minimum atomic E-state index is 0.415. The van der Waals surface area contributed by atoms with Crippen LogP contribution in [0.3, 0.4) is 0 Å². The van der Waals surface area contributed by atoms with Crippen molar-refractivity contribution in [3.63, 3.8) is 0 Å². The Kier molecular flexibility index (Phi) is 7.30. The van der Waals surface area contributed by atoms with Gasteiger partial charge < -0.3 is 10.1 Å². The average Bonchev–Trinajstić information content (AvgIpc) is 2.70. The summed E-state index contributed by atoms with van der Waals surface area (Å²) in [5.41, 5.74) is 1.35. The van der Waals surface area contributed by atoms with E-state index in [2.05, 4.69) is 51.6 Å². The van der Waals surface area contributed by atoms with Crippen LogP contribution in [0.4, 0.5) is 0 Å². The molecule has 1 heterocycles. The zero-order valence-corrected chi connectivity index (χ0v) is 13.1. The van der Waals surface area contributed by atoms with Gasteiger partial charge in [-0.15, -0.1) is 11.3 Å². The number of rotatable bonds is 8. The maximum absolute atomic E-state index is 5.28. The summed E-state index contributed by atoms with van der Waals surface area (Å²) in [4.78, 5) is 2.33. The van der Waals surface area contributed by atoms with Crippen molar-refractivity contribution in [2.75, 3.05) is 33.9 Å². The highest BCUT2D eigenvalue weighted by Gasteiger charge is 2.14. The van der Waals surface area contributed by atoms with Crippen molar-refractivity contribution in [2.45, 2.75) is 19.5 Å². The minimum absolute atomic E-state index is 0.415. The van der Waals surface area contributed by atoms with E-state index in [1.807, 2.05) is 0 Å². The Morgan fingerprint density at radius 1 is 1.59 bits per heavy atom. The molecule has 0 radical (unpaired) electrons. The number of nitrogens with zero attached hydrogens (tertiary/aromatic N) is 1. The van der Waals surface area contributed by atoms with E-state index < -0.39 is 0 Å². The van der Waals surface area contributed by atoms with Crippen LogP contribution in [0.5, 0.6) is 0 Å². The van der Waals surface area contributed by atoms with E-state index in [4.69, 9.17) is 4.74 Å². The molecule has 0 aliphatic rings. The molecule has 1 aromatic heterocycles. The molecule has 0 aliphatic heterocycles. The van der Waals surface area contributed by atoms with Gasteiger partial charge in [-0.3, -0.25) is 4.90 Å². The zero-order chi connectivity index (χ0) is 12.7. The molecule has 1 N–H and O–H groups in total. The van der Waals surface area contributed by atoms with E-state index >= 15 is 0 Å². The zero-order valence-electron chi connectivity index (χ0n) is 10.7. The van der Waals surface area contributed by atoms with Gasteiger partial charge in [-0.1, -0.05) is 6.92 Å². The van der Waals surface area contributed by atoms with Gasteiger partial charge in [-0.25, -0.2) is 0 Å². The van der Waals surface area contributed by atoms with Crippen molar-refractivity contribution < 1.29 is 4.74 Å². The lowest BCUT2D eigenvalue weighted by Gasteiger charge is -2.27. The third kappa shape index (κ3) is 5.48. The van der Waals surface area contributed by atoms with Gasteiger partial charge in [0.2, 0.25) is 0 Å². The van der Waals surface area contributed by atoms with Gasteiger partial charge in [0.05, 0.1) is 10.4 Å². The van der Waals surface area contributed by atoms with Crippen LogP contribution in [-0.2, 0) is 11.3 Å². The van der Waals surface area contributed by atoms with Crippen molar-refractivity contribution >= 4 is 27.3 Å². The highest BCUT2D eigenvalue weighted by molar-refractivity contribution is 9.11. The van der Waals surface area contributed by atoms with Gasteiger partial charge in [0.1, 0.15) is 0 Å². The highest BCUT2D eigenvalue weighted by atomic mass is 79.9. The Labute approximate surface area is 116 Å². The van der Waals surface area contributed by atoms with Crippen molar-refractivity contribution in [1.82, 2.24) is 10.2 Å². The molecule has 1 atom stereocenters. The van der Waals surface area contributed by atoms with Gasteiger partial charge in [0.15, 0.2) is 0 Å². The Hall–Kier alpha value is 0.0600. The van der Waals surface area contributed by atoms with Crippen LogP contribution in [0.15, 0.2) is 15.2 Å². The lowest BCUT2D eigenvalue weighted by molar-refractivity contribution is 0.102. The van der Waals surface area contributed by atoms with Crippen LogP contribution in [0.25, 0.3) is 0 Å². The van der Waals surface area contributed by atoms with Crippen LogP contribution in [-0.4, -0.2) is 44.8 Å². The Morgan fingerprint density at radius 3 is 2.88 bits per heavy atom. The summed E-state index contributed by atoms with van der Waals surface area (Å²) >= 11 is 5.23. The predicted molar refractivity (Wildman–Crippen MR) is 77.7 cm³/mol. The van der Waals surface area contributed by atoms with Gasteiger partial charge in [0.25, 0.3) is 0 Å². The summed E-state index contributed by atoms with van der Waals surface area (Å²) in [5, 5.41) is 5.57. The Morgan fingerprint density at radius 2 is 2.35 bits per heavy atom. The van der Waals surface area contributed by atoms with Crippen molar-refractivity contribution in [3.05, 3.63) is 20.8 Å². The van der Waals surface area contributed by atoms with Crippen LogP contribution in [0.2, 0.25) is 0 Å². The number of hydrogen-bond donors (Lipinski definition) is 1. The monoisotopic (exact) mass is 320 g/mol. The molecule has 0 bridgehead atoms. The molecule has 1 rings (SSSR count). The lowest BCUT2D eigenvalue weighted by atomic mass is 10.2. The Bertz CT molecular complexity index is 319. The molecule has 17 heavy (non-hydrogen) atoms. The maximum atomic E-state index is 5.28. The number of thiophene rings is 1. The minimum Gasteiger partial charge on any atom is -0.383 e. The van der Waals surface area contributed by atoms with Gasteiger partial charge in [0, 0.05) is 26.2 Å². The quantitative estimate of drug-likeness (QED) is 0.796. The molecule has 0 aliphatic carbocycles. The lowest BCUT2D eigenvalue weighted by Crippen LogP contribution is -2.42. The topological polar surface area (TPSA) is 24.5 Å². The van der Waals surface area contributed by atoms with Crippen LogP contribution >= 0.6 is 27.3 Å². The SMILES string of the molecule is CCNCC(COC)N(C)Cc1csc(Br)c1. The molecule has 98 valence electrons. The molecule has 0 fully saturated rings. The van der Waals surface area contributed by atoms with E-state index in [1.165, 1.54) is 9.35 Å². The first kappa shape index (κ1) is 15.1. The maximum Gasteiger partial charge on any atom is 0.0701 e. The normalized spacial score (nSPS) is 13.2. The van der Waals surface area contributed by atoms with E-state index in [9.17, 15) is 0 Å². The van der Waals surface area contributed by atoms with E-state index in [0.29, 0.717) is 6.04 Å². The molecule has 0 aromatic carbocycles. The molecule has 5 heteroatoms. The second-order valence-electron chi connectivity index (χ2n) is 4.09. The molecule has 0 spiro atoms. The van der Waals surface area contributed by atoms with Gasteiger partial charge in [-0.2, -0.15) is 0 Å². The largest absolute Gasteiger partial charge is 0.383 e. The summed E-state index contributed by atoms with van der Waals surface area (Å²) < 4.78 is 6.47. The summed E-state index contributed by atoms with van der Waals surface area (Å²) in [7, 11) is 3.90. The molecule has 3 nitrogen and oxygen atoms in total. The fourth-order valence-corrected chi connectivity index (χ4v) is 2.89. The fraction of sp³-hybridized carbons (Fsp3) is 0.667. The van der Waals surface area contributed by atoms with Crippen molar-refractivity contribution in [3.8, 4) is 0 Å². The fourth-order valence-electron chi connectivity index (χ4n) is 1.69. The van der Waals surface area contributed by atoms with Crippen LogP contribution in [0.1, 0.15) is 12.5 Å². The molecule has 1 aromatic rings. The third-order valence-electron chi connectivity index (χ3n) is 2.67.